The average Bonchev–Trinajstić information content (AvgIpc) is 2.93. The average molecular weight is 527 g/mol. The highest BCUT2D eigenvalue weighted by molar-refractivity contribution is 5.85. The third-order valence-electron chi connectivity index (χ3n) is 10.2. The van der Waals surface area contributed by atoms with Crippen molar-refractivity contribution >= 4 is 5.91 Å². The number of carbonyl (C=O) groups is 1. The van der Waals surface area contributed by atoms with Gasteiger partial charge in [-0.1, -0.05) is 12.1 Å². The van der Waals surface area contributed by atoms with Crippen LogP contribution in [0, 0.1) is 23.7 Å². The molecule has 6 aliphatic rings. The van der Waals surface area contributed by atoms with Gasteiger partial charge in [0.15, 0.2) is 5.60 Å². The Kier molecular flexibility index (Phi) is 7.49. The van der Waals surface area contributed by atoms with Gasteiger partial charge in [0, 0.05) is 45.1 Å². The lowest BCUT2D eigenvalue weighted by Gasteiger charge is -2.58. The molecule has 1 aromatic rings. The molecule has 1 aromatic carbocycles. The number of amides is 1. The number of nitrogens with zero attached hydrogens (tertiary/aromatic N) is 1. The zero-order valence-corrected chi connectivity index (χ0v) is 23.5. The fourth-order valence-corrected chi connectivity index (χ4v) is 8.38. The minimum atomic E-state index is -0.884. The summed E-state index contributed by atoms with van der Waals surface area (Å²) in [6.45, 7) is 6.88. The van der Waals surface area contributed by atoms with Crippen LogP contribution in [0.3, 0.4) is 0 Å². The summed E-state index contributed by atoms with van der Waals surface area (Å²) in [5, 5.41) is 3.29. The fourth-order valence-electron chi connectivity index (χ4n) is 8.38. The van der Waals surface area contributed by atoms with Gasteiger partial charge >= 0.3 is 0 Å². The first-order chi connectivity index (χ1) is 18.4. The smallest absolute Gasteiger partial charge is 0.266 e. The standard InChI is InChI=1S/C31H46N2O5/c1-30(2,29(34)33-14-12-32-13-15-33)36-27-8-4-23(5-9-27)24-6-10-28(11-7-24)37-38-31(35-3)25-17-21-16-22(19-25)20-26(31)18-21/h4-5,8-9,21-22,24-26,28,32H,6-7,10-20H2,1-3H3/t21?,22?,24-,25?,26?,28+,31?. The van der Waals surface area contributed by atoms with Crippen molar-refractivity contribution in [2.75, 3.05) is 33.3 Å². The molecule has 210 valence electrons. The third-order valence-corrected chi connectivity index (χ3v) is 10.2. The number of hydrogen-bond donors (Lipinski definition) is 1. The number of benzene rings is 1. The molecule has 1 saturated heterocycles. The van der Waals surface area contributed by atoms with Gasteiger partial charge in [-0.15, -0.1) is 0 Å². The molecule has 1 aliphatic heterocycles. The number of carbonyl (C=O) groups excluding carboxylic acids is 1. The summed E-state index contributed by atoms with van der Waals surface area (Å²) >= 11 is 0. The molecule has 0 radical (unpaired) electrons. The number of nitrogens with one attached hydrogen (secondary N) is 1. The highest BCUT2D eigenvalue weighted by Crippen LogP contribution is 2.60. The molecule has 38 heavy (non-hydrogen) atoms. The van der Waals surface area contributed by atoms with Crippen LogP contribution in [-0.4, -0.2) is 61.6 Å². The normalized spacial score (nSPS) is 36.9. The predicted molar refractivity (Wildman–Crippen MR) is 145 cm³/mol. The van der Waals surface area contributed by atoms with E-state index in [1.54, 1.807) is 0 Å². The van der Waals surface area contributed by atoms with Gasteiger partial charge < -0.3 is 19.7 Å². The summed E-state index contributed by atoms with van der Waals surface area (Å²) in [5.74, 6) is 3.49. The molecule has 7 heteroatoms. The van der Waals surface area contributed by atoms with E-state index < -0.39 is 11.4 Å². The molecule has 7 nitrogen and oxygen atoms in total. The van der Waals surface area contributed by atoms with Crippen LogP contribution in [0.15, 0.2) is 24.3 Å². The van der Waals surface area contributed by atoms with Gasteiger partial charge in [0.25, 0.3) is 5.91 Å². The summed E-state index contributed by atoms with van der Waals surface area (Å²) in [4.78, 5) is 27.3. The molecule has 0 unspecified atom stereocenters. The molecule has 1 heterocycles. The topological polar surface area (TPSA) is 69.3 Å². The van der Waals surface area contributed by atoms with Gasteiger partial charge in [-0.3, -0.25) is 4.79 Å². The largest absolute Gasteiger partial charge is 0.478 e. The van der Waals surface area contributed by atoms with Crippen molar-refractivity contribution in [2.45, 2.75) is 95.0 Å². The molecular formula is C31H46N2O5. The molecule has 4 bridgehead atoms. The van der Waals surface area contributed by atoms with Crippen LogP contribution in [0.25, 0.3) is 0 Å². The van der Waals surface area contributed by atoms with Crippen LogP contribution in [0.2, 0.25) is 0 Å². The van der Waals surface area contributed by atoms with Crippen LogP contribution in [0.1, 0.15) is 83.1 Å². The van der Waals surface area contributed by atoms with Gasteiger partial charge in [0.05, 0.1) is 6.10 Å². The molecule has 1 amide bonds. The van der Waals surface area contributed by atoms with E-state index in [1.807, 2.05) is 38.0 Å². The lowest BCUT2D eigenvalue weighted by molar-refractivity contribution is -0.485. The van der Waals surface area contributed by atoms with Crippen molar-refractivity contribution in [1.29, 1.82) is 0 Å². The van der Waals surface area contributed by atoms with Gasteiger partial charge in [0.1, 0.15) is 5.75 Å². The zero-order valence-electron chi connectivity index (χ0n) is 23.5. The molecule has 5 aliphatic carbocycles. The Morgan fingerprint density at radius 1 is 0.921 bits per heavy atom. The Labute approximate surface area is 227 Å². The van der Waals surface area contributed by atoms with E-state index in [4.69, 9.17) is 19.2 Å². The lowest BCUT2D eigenvalue weighted by Crippen LogP contribution is -2.60. The fraction of sp³-hybridized carbons (Fsp3) is 0.774. The number of rotatable bonds is 8. The summed E-state index contributed by atoms with van der Waals surface area (Å²) in [5.41, 5.74) is 0.447. The molecule has 1 N–H and O–H groups in total. The Balaban J connectivity index is 0.992. The highest BCUT2D eigenvalue weighted by atomic mass is 17.2. The first-order valence-electron chi connectivity index (χ1n) is 15.0. The summed E-state index contributed by atoms with van der Waals surface area (Å²) in [6.07, 6.45) is 10.6. The van der Waals surface area contributed by atoms with E-state index in [0.29, 0.717) is 17.8 Å². The first-order valence-corrected chi connectivity index (χ1v) is 15.0. The molecular weight excluding hydrogens is 480 g/mol. The number of piperazine rings is 1. The molecule has 5 saturated carbocycles. The number of methoxy groups -OCH3 is 1. The Bertz CT molecular complexity index is 937. The van der Waals surface area contributed by atoms with Gasteiger partial charge in [-0.05, 0) is 107 Å². The van der Waals surface area contributed by atoms with E-state index >= 15 is 0 Å². The van der Waals surface area contributed by atoms with Gasteiger partial charge in [-0.25, -0.2) is 9.78 Å². The quantitative estimate of drug-likeness (QED) is 0.291. The van der Waals surface area contributed by atoms with Gasteiger partial charge in [0.2, 0.25) is 5.79 Å². The van der Waals surface area contributed by atoms with Crippen LogP contribution in [-0.2, 0) is 19.3 Å². The minimum Gasteiger partial charge on any atom is -0.478 e. The van der Waals surface area contributed by atoms with Crippen LogP contribution in [0.5, 0.6) is 5.75 Å². The first kappa shape index (κ1) is 26.5. The van der Waals surface area contributed by atoms with E-state index in [-0.39, 0.29) is 12.0 Å². The molecule has 6 fully saturated rings. The molecule has 0 aromatic heterocycles. The maximum absolute atomic E-state index is 13.0. The van der Waals surface area contributed by atoms with Crippen molar-refractivity contribution in [3.8, 4) is 5.75 Å². The summed E-state index contributed by atoms with van der Waals surface area (Å²) < 4.78 is 12.3. The maximum Gasteiger partial charge on any atom is 0.266 e. The molecule has 0 atom stereocenters. The Morgan fingerprint density at radius 3 is 2.11 bits per heavy atom. The number of ether oxygens (including phenoxy) is 2. The second-order valence-electron chi connectivity index (χ2n) is 13.1. The predicted octanol–water partition coefficient (Wildman–Crippen LogP) is 5.05. The third kappa shape index (κ3) is 5.12. The van der Waals surface area contributed by atoms with Gasteiger partial charge in [-0.2, -0.15) is 0 Å². The minimum absolute atomic E-state index is 0.0486. The Morgan fingerprint density at radius 2 is 1.53 bits per heavy atom. The van der Waals surface area contributed by atoms with Crippen molar-refractivity contribution in [3.63, 3.8) is 0 Å². The second-order valence-corrected chi connectivity index (χ2v) is 13.1. The van der Waals surface area contributed by atoms with Crippen molar-refractivity contribution in [2.24, 2.45) is 23.7 Å². The van der Waals surface area contributed by atoms with Crippen molar-refractivity contribution < 1.29 is 24.0 Å². The second kappa shape index (κ2) is 10.7. The summed E-state index contributed by atoms with van der Waals surface area (Å²) in [7, 11) is 1.82. The monoisotopic (exact) mass is 526 g/mol. The highest BCUT2D eigenvalue weighted by Gasteiger charge is 2.60. The lowest BCUT2D eigenvalue weighted by atomic mass is 9.53. The maximum atomic E-state index is 13.0. The van der Waals surface area contributed by atoms with Crippen molar-refractivity contribution in [1.82, 2.24) is 10.2 Å². The van der Waals surface area contributed by atoms with E-state index in [1.165, 1.54) is 37.7 Å². The summed E-state index contributed by atoms with van der Waals surface area (Å²) in [6, 6.07) is 8.36. The van der Waals surface area contributed by atoms with E-state index in [0.717, 1.165) is 69.4 Å². The van der Waals surface area contributed by atoms with E-state index in [9.17, 15) is 4.79 Å². The SMILES string of the molecule is COC1(OO[C@H]2CC[C@@H](c3ccc(OC(C)(C)C(=O)N4CCNCC4)cc3)CC2)C2CC3CC(C2)CC1C3. The van der Waals surface area contributed by atoms with E-state index in [2.05, 4.69) is 17.4 Å². The van der Waals surface area contributed by atoms with Crippen LogP contribution in [0.4, 0.5) is 0 Å². The number of hydrogen-bond acceptors (Lipinski definition) is 6. The van der Waals surface area contributed by atoms with Crippen molar-refractivity contribution in [3.05, 3.63) is 29.8 Å². The van der Waals surface area contributed by atoms with Crippen LogP contribution >= 0.6 is 0 Å². The van der Waals surface area contributed by atoms with Crippen LogP contribution < -0.4 is 10.1 Å². The Hall–Kier alpha value is -1.67. The molecule has 7 rings (SSSR count). The molecule has 0 spiro atoms. The zero-order chi connectivity index (χ0) is 26.3.